The predicted molar refractivity (Wildman–Crippen MR) is 135 cm³/mol. The molecule has 0 saturated carbocycles. The number of carbonyl (C=O) groups is 1. The third-order valence-corrected chi connectivity index (χ3v) is 7.43. The van der Waals surface area contributed by atoms with Gasteiger partial charge in [-0.25, -0.2) is 13.4 Å². The van der Waals surface area contributed by atoms with E-state index in [1.165, 1.54) is 17.6 Å². The van der Waals surface area contributed by atoms with E-state index in [1.54, 1.807) is 17.0 Å². The second kappa shape index (κ2) is 9.43. The number of carbonyl (C=O) groups excluding carboxylic acids is 1. The van der Waals surface area contributed by atoms with Gasteiger partial charge >= 0.3 is 0 Å². The van der Waals surface area contributed by atoms with E-state index in [0.29, 0.717) is 29.3 Å². The van der Waals surface area contributed by atoms with E-state index in [1.807, 2.05) is 79.7 Å². The number of rotatable bonds is 7. The molecule has 0 saturated heterocycles. The van der Waals surface area contributed by atoms with Crippen molar-refractivity contribution in [1.82, 2.24) is 9.88 Å². The van der Waals surface area contributed by atoms with E-state index < -0.39 is 9.84 Å². The Morgan fingerprint density at radius 1 is 0.879 bits per heavy atom. The van der Waals surface area contributed by atoms with Crippen LogP contribution >= 0.6 is 11.3 Å². The van der Waals surface area contributed by atoms with Crippen LogP contribution in [0.2, 0.25) is 0 Å². The van der Waals surface area contributed by atoms with Gasteiger partial charge in [0, 0.05) is 24.9 Å². The number of benzene rings is 3. The van der Waals surface area contributed by atoms with Crippen molar-refractivity contribution in [3.63, 3.8) is 0 Å². The largest absolute Gasteiger partial charge is 0.308 e. The summed E-state index contributed by atoms with van der Waals surface area (Å²) in [6, 6.07) is 22.6. The Hall–Kier alpha value is -3.07. The molecule has 1 amide bonds. The van der Waals surface area contributed by atoms with E-state index in [0.717, 1.165) is 15.8 Å². The fraction of sp³-hybridized carbons (Fsp3) is 0.200. The minimum atomic E-state index is -3.44. The quantitative estimate of drug-likeness (QED) is 0.388. The standard InChI is InChI=1S/C25H25N3O3S2/c1-27(2)16-17-28(25-26-23-21(32-25)10-7-11-22(23)33(3,30)31)24(29)20-14-12-19(13-15-20)18-8-5-4-6-9-18/h4-15H,16-17H2,1-3H3. The number of aromatic nitrogens is 1. The number of amides is 1. The van der Waals surface area contributed by atoms with Gasteiger partial charge in [-0.1, -0.05) is 59.9 Å². The number of fused-ring (bicyclic) bond motifs is 1. The molecule has 0 bridgehead atoms. The van der Waals surface area contributed by atoms with Crippen molar-refractivity contribution in [2.24, 2.45) is 0 Å². The van der Waals surface area contributed by atoms with Crippen molar-refractivity contribution in [2.45, 2.75) is 4.90 Å². The molecule has 3 aromatic carbocycles. The Morgan fingerprint density at radius 3 is 2.18 bits per heavy atom. The maximum absolute atomic E-state index is 13.5. The van der Waals surface area contributed by atoms with Crippen LogP contribution in [0.3, 0.4) is 0 Å². The molecule has 0 unspecified atom stereocenters. The lowest BCUT2D eigenvalue weighted by Gasteiger charge is -2.22. The first-order valence-corrected chi connectivity index (χ1v) is 13.2. The number of thiazole rings is 1. The van der Waals surface area contributed by atoms with Crippen LogP contribution in [0.5, 0.6) is 0 Å². The zero-order valence-electron chi connectivity index (χ0n) is 18.7. The zero-order chi connectivity index (χ0) is 23.6. The number of para-hydroxylation sites is 1. The van der Waals surface area contributed by atoms with Gasteiger partial charge in [-0.05, 0) is 49.5 Å². The monoisotopic (exact) mass is 479 g/mol. The lowest BCUT2D eigenvalue weighted by atomic mass is 10.0. The summed E-state index contributed by atoms with van der Waals surface area (Å²) in [5.74, 6) is -0.170. The first-order valence-electron chi connectivity index (χ1n) is 10.5. The Labute approximate surface area is 198 Å². The van der Waals surface area contributed by atoms with E-state index >= 15 is 0 Å². The smallest absolute Gasteiger partial charge is 0.260 e. The van der Waals surface area contributed by atoms with Crippen LogP contribution < -0.4 is 4.90 Å². The summed E-state index contributed by atoms with van der Waals surface area (Å²) in [4.78, 5) is 21.9. The summed E-state index contributed by atoms with van der Waals surface area (Å²) < 4.78 is 25.2. The second-order valence-electron chi connectivity index (χ2n) is 8.07. The molecule has 4 aromatic rings. The zero-order valence-corrected chi connectivity index (χ0v) is 20.4. The third kappa shape index (κ3) is 5.13. The first kappa shape index (κ1) is 23.1. The predicted octanol–water partition coefficient (Wildman–Crippen LogP) is 4.58. The number of sulfone groups is 1. The normalized spacial score (nSPS) is 11.8. The molecule has 6 nitrogen and oxygen atoms in total. The Bertz CT molecular complexity index is 1380. The average molecular weight is 480 g/mol. The summed E-state index contributed by atoms with van der Waals surface area (Å²) in [6.45, 7) is 1.07. The van der Waals surface area contributed by atoms with Gasteiger partial charge < -0.3 is 4.90 Å². The Balaban J connectivity index is 1.71. The molecule has 0 N–H and O–H groups in total. The van der Waals surface area contributed by atoms with Gasteiger partial charge in [0.1, 0.15) is 5.52 Å². The maximum atomic E-state index is 13.5. The summed E-state index contributed by atoms with van der Waals surface area (Å²) >= 11 is 1.32. The van der Waals surface area contributed by atoms with E-state index in [2.05, 4.69) is 4.98 Å². The van der Waals surface area contributed by atoms with Gasteiger partial charge in [-0.3, -0.25) is 9.69 Å². The number of hydrogen-bond acceptors (Lipinski definition) is 6. The lowest BCUT2D eigenvalue weighted by molar-refractivity contribution is 0.0985. The SMILES string of the molecule is CN(C)CCN(C(=O)c1ccc(-c2ccccc2)cc1)c1nc2c(S(C)(=O)=O)cccc2s1. The van der Waals surface area contributed by atoms with Crippen LogP contribution in [0, 0.1) is 0 Å². The summed E-state index contributed by atoms with van der Waals surface area (Å²) in [5, 5.41) is 0.486. The van der Waals surface area contributed by atoms with Gasteiger partial charge in [0.15, 0.2) is 15.0 Å². The molecule has 4 rings (SSSR count). The van der Waals surface area contributed by atoms with Crippen molar-refractivity contribution in [2.75, 3.05) is 38.3 Å². The highest BCUT2D eigenvalue weighted by Gasteiger charge is 2.23. The van der Waals surface area contributed by atoms with Gasteiger partial charge in [-0.15, -0.1) is 0 Å². The van der Waals surface area contributed by atoms with Crippen molar-refractivity contribution in [3.8, 4) is 11.1 Å². The third-order valence-electron chi connectivity index (χ3n) is 5.26. The fourth-order valence-electron chi connectivity index (χ4n) is 3.50. The number of anilines is 1. The number of nitrogens with zero attached hydrogens (tertiary/aromatic N) is 3. The molecule has 33 heavy (non-hydrogen) atoms. The van der Waals surface area contributed by atoms with Crippen LogP contribution in [-0.4, -0.2) is 57.6 Å². The summed E-state index contributed by atoms with van der Waals surface area (Å²) in [6.07, 6.45) is 1.17. The molecular formula is C25H25N3O3S2. The molecule has 0 radical (unpaired) electrons. The molecule has 0 spiro atoms. The molecule has 1 aromatic heterocycles. The van der Waals surface area contributed by atoms with Crippen LogP contribution in [-0.2, 0) is 9.84 Å². The lowest BCUT2D eigenvalue weighted by Crippen LogP contribution is -2.36. The fourth-order valence-corrected chi connectivity index (χ4v) is 5.42. The maximum Gasteiger partial charge on any atom is 0.260 e. The van der Waals surface area contributed by atoms with Gasteiger partial charge in [0.2, 0.25) is 0 Å². The van der Waals surface area contributed by atoms with Crippen LogP contribution in [0.4, 0.5) is 5.13 Å². The molecular weight excluding hydrogens is 454 g/mol. The molecule has 0 aliphatic rings. The second-order valence-corrected chi connectivity index (χ2v) is 11.1. The number of likely N-dealkylation sites (N-methyl/N-ethyl adjacent to an activating group) is 1. The average Bonchev–Trinajstić information content (AvgIpc) is 3.22. The van der Waals surface area contributed by atoms with Crippen molar-refractivity contribution in [3.05, 3.63) is 78.4 Å². The molecule has 170 valence electrons. The first-order chi connectivity index (χ1) is 15.7. The van der Waals surface area contributed by atoms with Crippen molar-refractivity contribution in [1.29, 1.82) is 0 Å². The van der Waals surface area contributed by atoms with Crippen LogP contribution in [0.25, 0.3) is 21.3 Å². The molecule has 0 atom stereocenters. The van der Waals surface area contributed by atoms with Crippen LogP contribution in [0.1, 0.15) is 10.4 Å². The Morgan fingerprint density at radius 2 is 1.55 bits per heavy atom. The van der Waals surface area contributed by atoms with E-state index in [9.17, 15) is 13.2 Å². The van der Waals surface area contributed by atoms with Gasteiger partial charge in [0.25, 0.3) is 5.91 Å². The van der Waals surface area contributed by atoms with E-state index in [4.69, 9.17) is 0 Å². The minimum Gasteiger partial charge on any atom is -0.308 e. The topological polar surface area (TPSA) is 70.6 Å². The molecule has 0 aliphatic heterocycles. The number of hydrogen-bond donors (Lipinski definition) is 0. The molecule has 0 aliphatic carbocycles. The summed E-state index contributed by atoms with van der Waals surface area (Å²) in [7, 11) is 0.445. The molecule has 1 heterocycles. The Kier molecular flexibility index (Phi) is 6.60. The highest BCUT2D eigenvalue weighted by molar-refractivity contribution is 7.91. The molecule has 8 heteroatoms. The highest BCUT2D eigenvalue weighted by atomic mass is 32.2. The van der Waals surface area contributed by atoms with Gasteiger partial charge in [-0.2, -0.15) is 0 Å². The van der Waals surface area contributed by atoms with Crippen molar-refractivity contribution >= 4 is 42.4 Å². The van der Waals surface area contributed by atoms with Crippen molar-refractivity contribution < 1.29 is 13.2 Å². The summed E-state index contributed by atoms with van der Waals surface area (Å²) in [5.41, 5.74) is 3.07. The van der Waals surface area contributed by atoms with Crippen LogP contribution in [0.15, 0.2) is 77.7 Å². The minimum absolute atomic E-state index is 0.170. The highest BCUT2D eigenvalue weighted by Crippen LogP contribution is 2.33. The van der Waals surface area contributed by atoms with Gasteiger partial charge in [0.05, 0.1) is 9.60 Å². The van der Waals surface area contributed by atoms with E-state index in [-0.39, 0.29) is 10.8 Å². The molecule has 0 fully saturated rings.